The predicted molar refractivity (Wildman–Crippen MR) is 89.3 cm³/mol. The van der Waals surface area contributed by atoms with E-state index in [9.17, 15) is 19.8 Å². The number of hydrogen-bond acceptors (Lipinski definition) is 7. The molecule has 1 aliphatic rings. The second-order valence-electron chi connectivity index (χ2n) is 5.76. The fourth-order valence-electron chi connectivity index (χ4n) is 2.58. The maximum atomic E-state index is 12.2. The van der Waals surface area contributed by atoms with Gasteiger partial charge in [0.05, 0.1) is 11.1 Å². The molecule has 0 radical (unpaired) electrons. The Labute approximate surface area is 149 Å². The van der Waals surface area contributed by atoms with Crippen LogP contribution in [0.15, 0.2) is 60.7 Å². The van der Waals surface area contributed by atoms with Crippen LogP contribution >= 0.6 is 0 Å². The summed E-state index contributed by atoms with van der Waals surface area (Å²) >= 11 is 0. The van der Waals surface area contributed by atoms with Gasteiger partial charge in [0.1, 0.15) is 18.8 Å². The van der Waals surface area contributed by atoms with Gasteiger partial charge >= 0.3 is 11.9 Å². The molecule has 26 heavy (non-hydrogen) atoms. The van der Waals surface area contributed by atoms with Gasteiger partial charge in [-0.15, -0.1) is 0 Å². The largest absolute Gasteiger partial charge is 0.459 e. The van der Waals surface area contributed by atoms with Crippen molar-refractivity contribution in [1.82, 2.24) is 0 Å². The minimum absolute atomic E-state index is 0.283. The molecular weight excluding hydrogens is 340 g/mol. The monoisotopic (exact) mass is 358 g/mol. The summed E-state index contributed by atoms with van der Waals surface area (Å²) in [7, 11) is 0. The molecule has 3 rings (SSSR count). The molecule has 2 N–H and O–H groups in total. The minimum atomic E-state index is -1.54. The third-order valence-electron chi connectivity index (χ3n) is 3.95. The zero-order valence-electron chi connectivity index (χ0n) is 13.7. The molecule has 2 unspecified atom stereocenters. The fraction of sp³-hybridized carbons (Fsp3) is 0.263. The van der Waals surface area contributed by atoms with E-state index in [4.69, 9.17) is 14.2 Å². The van der Waals surface area contributed by atoms with E-state index in [2.05, 4.69) is 0 Å². The van der Waals surface area contributed by atoms with Crippen molar-refractivity contribution in [1.29, 1.82) is 0 Å². The Balaban J connectivity index is 1.63. The Morgan fingerprint density at radius 3 is 2.00 bits per heavy atom. The minimum Gasteiger partial charge on any atom is -0.459 e. The summed E-state index contributed by atoms with van der Waals surface area (Å²) in [6.45, 7) is -0.283. The van der Waals surface area contributed by atoms with E-state index in [-0.39, 0.29) is 6.61 Å². The van der Waals surface area contributed by atoms with Crippen LogP contribution in [-0.4, -0.2) is 53.4 Å². The molecular formula is C19H18O7. The lowest BCUT2D eigenvalue weighted by Gasteiger charge is -2.20. The Morgan fingerprint density at radius 1 is 0.885 bits per heavy atom. The molecule has 1 fully saturated rings. The highest BCUT2D eigenvalue weighted by Crippen LogP contribution is 2.24. The molecule has 0 spiro atoms. The molecule has 1 heterocycles. The number of esters is 2. The van der Waals surface area contributed by atoms with Crippen molar-refractivity contribution >= 4 is 11.9 Å². The first-order valence-electron chi connectivity index (χ1n) is 8.06. The van der Waals surface area contributed by atoms with Gasteiger partial charge in [-0.25, -0.2) is 9.59 Å². The molecule has 7 heteroatoms. The lowest BCUT2D eigenvalue weighted by Crippen LogP contribution is -2.39. The maximum Gasteiger partial charge on any atom is 0.338 e. The second kappa shape index (κ2) is 8.09. The predicted octanol–water partition coefficient (Wildman–Crippen LogP) is 1.15. The average Bonchev–Trinajstić information content (AvgIpc) is 2.95. The van der Waals surface area contributed by atoms with Gasteiger partial charge in [-0.1, -0.05) is 36.4 Å². The second-order valence-corrected chi connectivity index (χ2v) is 5.76. The van der Waals surface area contributed by atoms with Crippen LogP contribution in [0, 0.1) is 0 Å². The van der Waals surface area contributed by atoms with Crippen molar-refractivity contribution in [3.63, 3.8) is 0 Å². The molecule has 0 aliphatic carbocycles. The van der Waals surface area contributed by atoms with E-state index in [1.807, 2.05) is 0 Å². The van der Waals surface area contributed by atoms with Crippen LogP contribution in [0.3, 0.4) is 0 Å². The first-order valence-corrected chi connectivity index (χ1v) is 8.06. The van der Waals surface area contributed by atoms with E-state index in [1.165, 1.54) is 0 Å². The SMILES string of the molecule is O=C(OC[C@H]1OC(O)C(O)[C@H]1OC(=O)c1ccccc1)c1ccccc1. The molecule has 0 bridgehead atoms. The summed E-state index contributed by atoms with van der Waals surface area (Å²) < 4.78 is 15.6. The zero-order chi connectivity index (χ0) is 18.5. The number of hydrogen-bond donors (Lipinski definition) is 2. The van der Waals surface area contributed by atoms with Crippen molar-refractivity contribution in [3.05, 3.63) is 71.8 Å². The van der Waals surface area contributed by atoms with E-state index < -0.39 is 36.5 Å². The highest BCUT2D eigenvalue weighted by atomic mass is 16.7. The molecule has 136 valence electrons. The van der Waals surface area contributed by atoms with E-state index in [1.54, 1.807) is 60.7 Å². The van der Waals surface area contributed by atoms with Gasteiger partial charge in [0.15, 0.2) is 12.4 Å². The van der Waals surface area contributed by atoms with Crippen molar-refractivity contribution < 1.29 is 34.0 Å². The molecule has 1 aliphatic heterocycles. The van der Waals surface area contributed by atoms with E-state index in [0.717, 1.165) is 0 Å². The fourth-order valence-corrected chi connectivity index (χ4v) is 2.58. The Bertz CT molecular complexity index is 747. The summed E-state index contributed by atoms with van der Waals surface area (Å²) in [4.78, 5) is 24.2. The Hall–Kier alpha value is -2.74. The highest BCUT2D eigenvalue weighted by molar-refractivity contribution is 5.90. The van der Waals surface area contributed by atoms with Gasteiger partial charge in [0.2, 0.25) is 0 Å². The quantitative estimate of drug-likeness (QED) is 0.773. The summed E-state index contributed by atoms with van der Waals surface area (Å²) in [5, 5.41) is 19.7. The zero-order valence-corrected chi connectivity index (χ0v) is 13.7. The molecule has 0 amide bonds. The topological polar surface area (TPSA) is 102 Å². The molecule has 4 atom stereocenters. The van der Waals surface area contributed by atoms with E-state index in [0.29, 0.717) is 11.1 Å². The van der Waals surface area contributed by atoms with Crippen LogP contribution in [0.5, 0.6) is 0 Å². The summed E-state index contributed by atoms with van der Waals surface area (Å²) in [6.07, 6.45) is -5.13. The van der Waals surface area contributed by atoms with Gasteiger partial charge in [0.25, 0.3) is 0 Å². The number of benzene rings is 2. The smallest absolute Gasteiger partial charge is 0.338 e. The lowest BCUT2D eigenvalue weighted by atomic mass is 10.1. The molecule has 0 aromatic heterocycles. The molecule has 2 aromatic rings. The van der Waals surface area contributed by atoms with E-state index >= 15 is 0 Å². The first-order chi connectivity index (χ1) is 12.6. The third-order valence-corrected chi connectivity index (χ3v) is 3.95. The number of aliphatic hydroxyl groups excluding tert-OH is 2. The number of carbonyl (C=O) groups excluding carboxylic acids is 2. The summed E-state index contributed by atoms with van der Waals surface area (Å²) in [5.41, 5.74) is 0.644. The first kappa shape index (κ1) is 18.1. The van der Waals surface area contributed by atoms with Crippen LogP contribution in [-0.2, 0) is 14.2 Å². The van der Waals surface area contributed by atoms with Crippen molar-refractivity contribution in [2.75, 3.05) is 6.61 Å². The van der Waals surface area contributed by atoms with Crippen LogP contribution in [0.4, 0.5) is 0 Å². The average molecular weight is 358 g/mol. The Kier molecular flexibility index (Phi) is 5.62. The number of ether oxygens (including phenoxy) is 3. The molecule has 7 nitrogen and oxygen atoms in total. The number of rotatable bonds is 5. The molecule has 0 saturated carbocycles. The van der Waals surface area contributed by atoms with Gasteiger partial charge in [-0.3, -0.25) is 0 Å². The molecule has 1 saturated heterocycles. The van der Waals surface area contributed by atoms with Crippen molar-refractivity contribution in [3.8, 4) is 0 Å². The van der Waals surface area contributed by atoms with Crippen LogP contribution < -0.4 is 0 Å². The van der Waals surface area contributed by atoms with Crippen molar-refractivity contribution in [2.24, 2.45) is 0 Å². The van der Waals surface area contributed by atoms with Gasteiger partial charge in [-0.05, 0) is 24.3 Å². The standard InChI is InChI=1S/C19H18O7/c20-15-16(26-18(22)13-9-5-2-6-10-13)14(25-19(15)23)11-24-17(21)12-7-3-1-4-8-12/h1-10,14-16,19-20,23H,11H2/t14-,15?,16+,19?/m1/s1. The number of aliphatic hydroxyl groups is 2. The van der Waals surface area contributed by atoms with Crippen LogP contribution in [0.1, 0.15) is 20.7 Å². The summed E-state index contributed by atoms with van der Waals surface area (Å²) in [5.74, 6) is -1.26. The van der Waals surface area contributed by atoms with Crippen LogP contribution in [0.2, 0.25) is 0 Å². The Morgan fingerprint density at radius 2 is 1.42 bits per heavy atom. The normalized spacial score (nSPS) is 24.8. The number of carbonyl (C=O) groups is 2. The van der Waals surface area contributed by atoms with Gasteiger partial charge in [-0.2, -0.15) is 0 Å². The molecule has 2 aromatic carbocycles. The van der Waals surface area contributed by atoms with Crippen LogP contribution in [0.25, 0.3) is 0 Å². The van der Waals surface area contributed by atoms with Gasteiger partial charge in [0, 0.05) is 0 Å². The summed E-state index contributed by atoms with van der Waals surface area (Å²) in [6, 6.07) is 16.6. The van der Waals surface area contributed by atoms with Gasteiger partial charge < -0.3 is 24.4 Å². The van der Waals surface area contributed by atoms with Crippen molar-refractivity contribution in [2.45, 2.75) is 24.6 Å². The maximum absolute atomic E-state index is 12.2. The third kappa shape index (κ3) is 4.08. The highest BCUT2D eigenvalue weighted by Gasteiger charge is 2.46. The lowest BCUT2D eigenvalue weighted by molar-refractivity contribution is -0.133.